The number of benzene rings is 2. The molecule has 148 valence electrons. The van der Waals surface area contributed by atoms with Crippen molar-refractivity contribution in [3.63, 3.8) is 0 Å². The summed E-state index contributed by atoms with van der Waals surface area (Å²) in [6, 6.07) is 12.8. The molecule has 0 bridgehead atoms. The van der Waals surface area contributed by atoms with Crippen molar-refractivity contribution in [3.05, 3.63) is 64.2 Å². The van der Waals surface area contributed by atoms with E-state index in [1.807, 2.05) is 0 Å². The van der Waals surface area contributed by atoms with Gasteiger partial charge in [-0.2, -0.15) is 4.31 Å². The van der Waals surface area contributed by atoms with Crippen LogP contribution in [-0.4, -0.2) is 36.6 Å². The summed E-state index contributed by atoms with van der Waals surface area (Å²) in [5, 5.41) is 13.8. The van der Waals surface area contributed by atoms with Gasteiger partial charge in [-0.1, -0.05) is 24.3 Å². The van der Waals surface area contributed by atoms with Crippen LogP contribution in [0.25, 0.3) is 0 Å². The molecule has 0 radical (unpaired) electrons. The first-order valence-corrected chi connectivity index (χ1v) is 10.3. The van der Waals surface area contributed by atoms with Gasteiger partial charge in [0.2, 0.25) is 15.9 Å². The number of hydrogen-bond acceptors (Lipinski definition) is 5. The molecular weight excluding hydrogens is 382 g/mol. The van der Waals surface area contributed by atoms with Crippen LogP contribution >= 0.6 is 0 Å². The zero-order chi connectivity index (χ0) is 20.3. The summed E-state index contributed by atoms with van der Waals surface area (Å²) in [6.45, 7) is 2.19. The van der Waals surface area contributed by atoms with Gasteiger partial charge in [-0.3, -0.25) is 14.9 Å². The molecule has 9 heteroatoms. The van der Waals surface area contributed by atoms with E-state index in [1.54, 1.807) is 43.3 Å². The van der Waals surface area contributed by atoms with Crippen LogP contribution in [0.1, 0.15) is 18.4 Å². The third kappa shape index (κ3) is 4.20. The summed E-state index contributed by atoms with van der Waals surface area (Å²) in [4.78, 5) is 23.5. The molecule has 1 fully saturated rings. The number of amides is 1. The lowest BCUT2D eigenvalue weighted by Crippen LogP contribution is -2.41. The zero-order valence-electron chi connectivity index (χ0n) is 15.4. The monoisotopic (exact) mass is 403 g/mol. The number of carbonyl (C=O) groups is 1. The maximum atomic E-state index is 12.7. The predicted molar refractivity (Wildman–Crippen MR) is 104 cm³/mol. The minimum absolute atomic E-state index is 0.153. The maximum absolute atomic E-state index is 12.7. The van der Waals surface area contributed by atoms with Crippen LogP contribution in [0.5, 0.6) is 0 Å². The Balaban J connectivity index is 1.66. The quantitative estimate of drug-likeness (QED) is 0.610. The van der Waals surface area contributed by atoms with Gasteiger partial charge in [-0.15, -0.1) is 0 Å². The summed E-state index contributed by atoms with van der Waals surface area (Å²) in [7, 11) is -3.58. The van der Waals surface area contributed by atoms with Crippen molar-refractivity contribution in [2.75, 3.05) is 18.4 Å². The van der Waals surface area contributed by atoms with Gasteiger partial charge in [0.25, 0.3) is 5.69 Å². The minimum Gasteiger partial charge on any atom is -0.320 e. The van der Waals surface area contributed by atoms with Gasteiger partial charge in [-0.05, 0) is 43.5 Å². The molecule has 0 aromatic heterocycles. The Morgan fingerprint density at radius 3 is 2.39 bits per heavy atom. The topological polar surface area (TPSA) is 110 Å². The fraction of sp³-hybridized carbons (Fsp3) is 0.316. The highest BCUT2D eigenvalue weighted by molar-refractivity contribution is 7.89. The molecular formula is C19H21N3O5S. The first-order valence-electron chi connectivity index (χ1n) is 8.90. The fourth-order valence-corrected chi connectivity index (χ4v) is 4.72. The molecule has 1 amide bonds. The van der Waals surface area contributed by atoms with E-state index in [0.29, 0.717) is 12.8 Å². The molecule has 1 aliphatic rings. The number of hydrogen-bond donors (Lipinski definition) is 1. The lowest BCUT2D eigenvalue weighted by atomic mass is 9.97. The van der Waals surface area contributed by atoms with Crippen LogP contribution in [0.4, 0.5) is 11.4 Å². The smallest absolute Gasteiger partial charge is 0.293 e. The summed E-state index contributed by atoms with van der Waals surface area (Å²) in [5.41, 5.74) is 0.724. The van der Waals surface area contributed by atoms with Gasteiger partial charge in [0, 0.05) is 25.1 Å². The molecule has 1 N–H and O–H groups in total. The number of carbonyl (C=O) groups excluding carboxylic acids is 1. The molecule has 0 atom stereocenters. The molecule has 2 aromatic rings. The third-order valence-corrected chi connectivity index (χ3v) is 6.73. The SMILES string of the molecule is Cc1ccc(NC(=O)C2CCN(S(=O)(=O)c3ccccc3)CC2)c([N+](=O)[O-])c1. The molecule has 3 rings (SSSR count). The van der Waals surface area contributed by atoms with Crippen molar-refractivity contribution in [1.29, 1.82) is 0 Å². The van der Waals surface area contributed by atoms with Gasteiger partial charge < -0.3 is 5.32 Å². The molecule has 8 nitrogen and oxygen atoms in total. The third-order valence-electron chi connectivity index (χ3n) is 4.81. The van der Waals surface area contributed by atoms with Crippen molar-refractivity contribution >= 4 is 27.3 Å². The highest BCUT2D eigenvalue weighted by atomic mass is 32.2. The molecule has 0 spiro atoms. The van der Waals surface area contributed by atoms with Gasteiger partial charge >= 0.3 is 0 Å². The van der Waals surface area contributed by atoms with E-state index in [2.05, 4.69) is 5.32 Å². The van der Waals surface area contributed by atoms with Gasteiger partial charge in [0.05, 0.1) is 9.82 Å². The van der Waals surface area contributed by atoms with Gasteiger partial charge in [0.1, 0.15) is 5.69 Å². The Hall–Kier alpha value is -2.78. The minimum atomic E-state index is -3.58. The van der Waals surface area contributed by atoms with Crippen molar-refractivity contribution in [3.8, 4) is 0 Å². The van der Waals surface area contributed by atoms with Crippen LogP contribution in [0, 0.1) is 23.0 Å². The molecule has 0 aliphatic carbocycles. The number of nitrogens with zero attached hydrogens (tertiary/aromatic N) is 2. The van der Waals surface area contributed by atoms with E-state index in [1.165, 1.54) is 16.4 Å². The number of aryl methyl sites for hydroxylation is 1. The molecule has 1 aliphatic heterocycles. The number of anilines is 1. The number of nitrogens with one attached hydrogen (secondary N) is 1. The van der Waals surface area contributed by atoms with Crippen LogP contribution in [-0.2, 0) is 14.8 Å². The number of nitro benzene ring substituents is 1. The Morgan fingerprint density at radius 1 is 1.14 bits per heavy atom. The average Bonchev–Trinajstić information content (AvgIpc) is 2.70. The first kappa shape index (κ1) is 20.0. The summed E-state index contributed by atoms with van der Waals surface area (Å²) >= 11 is 0. The van der Waals surface area contributed by atoms with Crippen molar-refractivity contribution in [2.24, 2.45) is 5.92 Å². The van der Waals surface area contributed by atoms with E-state index in [0.717, 1.165) is 5.56 Å². The van der Waals surface area contributed by atoms with Crippen LogP contribution < -0.4 is 5.32 Å². The molecule has 1 heterocycles. The second-order valence-electron chi connectivity index (χ2n) is 6.76. The molecule has 28 heavy (non-hydrogen) atoms. The standard InChI is InChI=1S/C19H21N3O5S/c1-14-7-8-17(18(13-14)22(24)25)20-19(23)15-9-11-21(12-10-15)28(26,27)16-5-3-2-4-6-16/h2-8,13,15H,9-12H2,1H3,(H,20,23). The van der Waals surface area contributed by atoms with E-state index < -0.39 is 20.9 Å². The van der Waals surface area contributed by atoms with Crippen LogP contribution in [0.15, 0.2) is 53.4 Å². The van der Waals surface area contributed by atoms with Crippen LogP contribution in [0.2, 0.25) is 0 Å². The average molecular weight is 403 g/mol. The summed E-state index contributed by atoms with van der Waals surface area (Å²) in [5.74, 6) is -0.730. The Morgan fingerprint density at radius 2 is 1.79 bits per heavy atom. The summed E-state index contributed by atoms with van der Waals surface area (Å²) < 4.78 is 26.7. The van der Waals surface area contributed by atoms with Crippen LogP contribution in [0.3, 0.4) is 0 Å². The maximum Gasteiger partial charge on any atom is 0.293 e. The molecule has 0 unspecified atom stereocenters. The lowest BCUT2D eigenvalue weighted by Gasteiger charge is -2.30. The van der Waals surface area contributed by atoms with E-state index in [4.69, 9.17) is 0 Å². The zero-order valence-corrected chi connectivity index (χ0v) is 16.2. The Bertz CT molecular complexity index is 984. The van der Waals surface area contributed by atoms with E-state index in [9.17, 15) is 23.3 Å². The number of piperidine rings is 1. The molecule has 2 aromatic carbocycles. The predicted octanol–water partition coefficient (Wildman–Crippen LogP) is 2.94. The Kier molecular flexibility index (Phi) is 5.76. The van der Waals surface area contributed by atoms with Gasteiger partial charge in [-0.25, -0.2) is 8.42 Å². The van der Waals surface area contributed by atoms with Gasteiger partial charge in [0.15, 0.2) is 0 Å². The normalized spacial score (nSPS) is 15.9. The highest BCUT2D eigenvalue weighted by Crippen LogP contribution is 2.28. The van der Waals surface area contributed by atoms with Crippen molar-refractivity contribution in [1.82, 2.24) is 4.31 Å². The van der Waals surface area contributed by atoms with Crippen molar-refractivity contribution in [2.45, 2.75) is 24.7 Å². The second-order valence-corrected chi connectivity index (χ2v) is 8.70. The highest BCUT2D eigenvalue weighted by Gasteiger charge is 2.32. The lowest BCUT2D eigenvalue weighted by molar-refractivity contribution is -0.384. The summed E-state index contributed by atoms with van der Waals surface area (Å²) in [6.07, 6.45) is 0.717. The van der Waals surface area contributed by atoms with E-state index in [-0.39, 0.29) is 35.3 Å². The fourth-order valence-electron chi connectivity index (χ4n) is 3.23. The number of nitro groups is 1. The largest absolute Gasteiger partial charge is 0.320 e. The number of rotatable bonds is 5. The van der Waals surface area contributed by atoms with E-state index >= 15 is 0 Å². The molecule has 1 saturated heterocycles. The molecule has 0 saturated carbocycles. The van der Waals surface area contributed by atoms with Crippen molar-refractivity contribution < 1.29 is 18.1 Å². The Labute approximate surface area is 163 Å². The second kappa shape index (κ2) is 8.07. The first-order chi connectivity index (χ1) is 13.3. The number of sulfonamides is 1.